The van der Waals surface area contributed by atoms with E-state index in [-0.39, 0.29) is 11.9 Å². The summed E-state index contributed by atoms with van der Waals surface area (Å²) >= 11 is 3.36. The third kappa shape index (κ3) is 5.35. The van der Waals surface area contributed by atoms with Gasteiger partial charge in [-0.15, -0.1) is 0 Å². The molecule has 0 aliphatic heterocycles. The molecule has 0 unspecified atom stereocenters. The van der Waals surface area contributed by atoms with Gasteiger partial charge in [0.2, 0.25) is 0 Å². The van der Waals surface area contributed by atoms with Crippen LogP contribution in [0.4, 0.5) is 0 Å². The van der Waals surface area contributed by atoms with E-state index in [0.717, 1.165) is 16.5 Å². The Kier molecular flexibility index (Phi) is 6.27. The number of hydrogen-bond acceptors (Lipinski definition) is 1. The summed E-state index contributed by atoms with van der Waals surface area (Å²) in [6.45, 7) is 4.25. The Balaban J connectivity index is 2.40. The molecule has 0 fully saturated rings. The number of nitrogens with one attached hydrogen (secondary N) is 1. The normalized spacial score (nSPS) is 12.2. The minimum Gasteiger partial charge on any atom is -0.350 e. The lowest BCUT2D eigenvalue weighted by Gasteiger charge is -2.13. The van der Waals surface area contributed by atoms with E-state index in [4.69, 9.17) is 0 Å². The van der Waals surface area contributed by atoms with Crippen LogP contribution in [0.3, 0.4) is 0 Å². The van der Waals surface area contributed by atoms with Gasteiger partial charge in [0, 0.05) is 16.1 Å². The second-order valence-electron chi connectivity index (χ2n) is 4.38. The van der Waals surface area contributed by atoms with E-state index in [0.29, 0.717) is 0 Å². The molecule has 0 aliphatic carbocycles. The Bertz CT molecular complexity index is 348. The zero-order valence-electron chi connectivity index (χ0n) is 10.5. The fourth-order valence-electron chi connectivity index (χ4n) is 1.68. The molecule has 1 rings (SSSR count). The molecule has 3 heteroatoms. The summed E-state index contributed by atoms with van der Waals surface area (Å²) in [7, 11) is 0. The van der Waals surface area contributed by atoms with Crippen molar-refractivity contribution in [3.63, 3.8) is 0 Å². The van der Waals surface area contributed by atoms with E-state index in [1.165, 1.54) is 19.3 Å². The summed E-state index contributed by atoms with van der Waals surface area (Å²) in [5.41, 5.74) is 0.718. The second-order valence-corrected chi connectivity index (χ2v) is 5.29. The fraction of sp³-hybridized carbons (Fsp3) is 0.500. The number of amides is 1. The average molecular weight is 298 g/mol. The van der Waals surface area contributed by atoms with Gasteiger partial charge < -0.3 is 5.32 Å². The van der Waals surface area contributed by atoms with Crippen molar-refractivity contribution < 1.29 is 4.79 Å². The van der Waals surface area contributed by atoms with Crippen molar-refractivity contribution in [2.24, 2.45) is 0 Å². The van der Waals surface area contributed by atoms with Crippen LogP contribution in [-0.2, 0) is 0 Å². The maximum absolute atomic E-state index is 11.9. The van der Waals surface area contributed by atoms with Crippen molar-refractivity contribution in [2.75, 3.05) is 0 Å². The SMILES string of the molecule is CCCCC[C@@H](C)NC(=O)c1ccc(Br)cc1. The monoisotopic (exact) mass is 297 g/mol. The first kappa shape index (κ1) is 14.2. The summed E-state index contributed by atoms with van der Waals surface area (Å²) in [6.07, 6.45) is 4.68. The molecule has 0 aromatic heterocycles. The summed E-state index contributed by atoms with van der Waals surface area (Å²) < 4.78 is 0.991. The fourth-order valence-corrected chi connectivity index (χ4v) is 1.95. The lowest BCUT2D eigenvalue weighted by molar-refractivity contribution is 0.0938. The van der Waals surface area contributed by atoms with Crippen LogP contribution < -0.4 is 5.32 Å². The minimum absolute atomic E-state index is 0.0153. The molecule has 0 aliphatic rings. The predicted molar refractivity (Wildman–Crippen MR) is 75.2 cm³/mol. The first-order chi connectivity index (χ1) is 8.13. The molecule has 1 aromatic carbocycles. The van der Waals surface area contributed by atoms with Gasteiger partial charge in [0.05, 0.1) is 0 Å². The molecule has 0 bridgehead atoms. The van der Waals surface area contributed by atoms with Gasteiger partial charge in [-0.25, -0.2) is 0 Å². The number of rotatable bonds is 6. The van der Waals surface area contributed by atoms with Crippen molar-refractivity contribution in [3.05, 3.63) is 34.3 Å². The van der Waals surface area contributed by atoms with Crippen molar-refractivity contribution in [3.8, 4) is 0 Å². The molecule has 0 heterocycles. The largest absolute Gasteiger partial charge is 0.350 e. The number of carbonyl (C=O) groups excluding carboxylic acids is 1. The van der Waals surface area contributed by atoms with Crippen LogP contribution in [0, 0.1) is 0 Å². The highest BCUT2D eigenvalue weighted by atomic mass is 79.9. The molecule has 1 N–H and O–H groups in total. The highest BCUT2D eigenvalue weighted by Gasteiger charge is 2.08. The van der Waals surface area contributed by atoms with Gasteiger partial charge in [-0.3, -0.25) is 4.79 Å². The molecule has 0 spiro atoms. The van der Waals surface area contributed by atoms with Crippen LogP contribution in [0.2, 0.25) is 0 Å². The van der Waals surface area contributed by atoms with Crippen molar-refractivity contribution >= 4 is 21.8 Å². The Morgan fingerprint density at radius 2 is 1.94 bits per heavy atom. The van der Waals surface area contributed by atoms with E-state index in [2.05, 4.69) is 35.1 Å². The predicted octanol–water partition coefficient (Wildman–Crippen LogP) is 4.15. The summed E-state index contributed by atoms with van der Waals surface area (Å²) in [6, 6.07) is 7.68. The maximum atomic E-state index is 11.9. The van der Waals surface area contributed by atoms with Gasteiger partial charge in [0.25, 0.3) is 5.91 Å². The smallest absolute Gasteiger partial charge is 0.251 e. The van der Waals surface area contributed by atoms with E-state index in [1.807, 2.05) is 24.3 Å². The van der Waals surface area contributed by atoms with Crippen LogP contribution in [0.1, 0.15) is 49.9 Å². The molecule has 1 amide bonds. The lowest BCUT2D eigenvalue weighted by Crippen LogP contribution is -2.32. The third-order valence-electron chi connectivity index (χ3n) is 2.72. The Hall–Kier alpha value is -0.830. The summed E-state index contributed by atoms with van der Waals surface area (Å²) in [5.74, 6) is 0.0153. The van der Waals surface area contributed by atoms with Crippen LogP contribution in [0.5, 0.6) is 0 Å². The molecular formula is C14H20BrNO. The molecule has 1 aromatic rings. The highest BCUT2D eigenvalue weighted by molar-refractivity contribution is 9.10. The second kappa shape index (κ2) is 7.49. The maximum Gasteiger partial charge on any atom is 0.251 e. The lowest BCUT2D eigenvalue weighted by atomic mass is 10.1. The molecule has 0 radical (unpaired) electrons. The zero-order valence-corrected chi connectivity index (χ0v) is 12.1. The van der Waals surface area contributed by atoms with Crippen LogP contribution in [0.25, 0.3) is 0 Å². The van der Waals surface area contributed by atoms with Gasteiger partial charge in [0.1, 0.15) is 0 Å². The van der Waals surface area contributed by atoms with E-state index < -0.39 is 0 Å². The average Bonchev–Trinajstić information content (AvgIpc) is 2.30. The minimum atomic E-state index is 0.0153. The third-order valence-corrected chi connectivity index (χ3v) is 3.25. The topological polar surface area (TPSA) is 29.1 Å². The zero-order chi connectivity index (χ0) is 12.7. The molecule has 0 saturated heterocycles. The number of benzene rings is 1. The Morgan fingerprint density at radius 3 is 2.53 bits per heavy atom. The molecule has 94 valence electrons. The summed E-state index contributed by atoms with van der Waals surface area (Å²) in [5, 5.41) is 3.02. The number of halogens is 1. The van der Waals surface area contributed by atoms with Gasteiger partial charge in [-0.2, -0.15) is 0 Å². The Morgan fingerprint density at radius 1 is 1.29 bits per heavy atom. The Labute approximate surface area is 112 Å². The molecular weight excluding hydrogens is 278 g/mol. The molecule has 0 saturated carbocycles. The number of hydrogen-bond donors (Lipinski definition) is 1. The van der Waals surface area contributed by atoms with Gasteiger partial charge in [0.15, 0.2) is 0 Å². The van der Waals surface area contributed by atoms with E-state index in [1.54, 1.807) is 0 Å². The standard InChI is InChI=1S/C14H20BrNO/c1-3-4-5-6-11(2)16-14(17)12-7-9-13(15)10-8-12/h7-11H,3-6H2,1-2H3,(H,16,17)/t11-/m1/s1. The van der Waals surface area contributed by atoms with Crippen LogP contribution >= 0.6 is 15.9 Å². The van der Waals surface area contributed by atoms with Gasteiger partial charge in [-0.05, 0) is 37.6 Å². The van der Waals surface area contributed by atoms with Gasteiger partial charge >= 0.3 is 0 Å². The highest BCUT2D eigenvalue weighted by Crippen LogP contribution is 2.11. The van der Waals surface area contributed by atoms with Crippen molar-refractivity contribution in [1.29, 1.82) is 0 Å². The van der Waals surface area contributed by atoms with Crippen LogP contribution in [0.15, 0.2) is 28.7 Å². The quantitative estimate of drug-likeness (QED) is 0.785. The van der Waals surface area contributed by atoms with Crippen LogP contribution in [-0.4, -0.2) is 11.9 Å². The van der Waals surface area contributed by atoms with Crippen molar-refractivity contribution in [2.45, 2.75) is 45.6 Å². The molecule has 17 heavy (non-hydrogen) atoms. The molecule has 2 nitrogen and oxygen atoms in total. The first-order valence-electron chi connectivity index (χ1n) is 6.20. The first-order valence-corrected chi connectivity index (χ1v) is 6.99. The molecule has 1 atom stereocenters. The summed E-state index contributed by atoms with van der Waals surface area (Å²) in [4.78, 5) is 11.9. The number of carbonyl (C=O) groups is 1. The van der Waals surface area contributed by atoms with E-state index in [9.17, 15) is 4.79 Å². The van der Waals surface area contributed by atoms with Crippen molar-refractivity contribution in [1.82, 2.24) is 5.32 Å². The van der Waals surface area contributed by atoms with Gasteiger partial charge in [-0.1, -0.05) is 42.1 Å². The van der Waals surface area contributed by atoms with E-state index >= 15 is 0 Å². The number of unbranched alkanes of at least 4 members (excludes halogenated alkanes) is 2.